The molecule has 41 heavy (non-hydrogen) atoms. The second-order valence-electron chi connectivity index (χ2n) is 16.1. The zero-order chi connectivity index (χ0) is 29.8. The first kappa shape index (κ1) is 29.6. The van der Waals surface area contributed by atoms with Gasteiger partial charge in [0.2, 0.25) is 0 Å². The Kier molecular flexibility index (Phi) is 6.89. The summed E-state index contributed by atoms with van der Waals surface area (Å²) in [6.45, 7) is 18.6. The van der Waals surface area contributed by atoms with E-state index in [1.54, 1.807) is 0 Å². The molecular formula is C37H49IO3. The van der Waals surface area contributed by atoms with Gasteiger partial charge in [-0.1, -0.05) is 58.9 Å². The highest BCUT2D eigenvalue weighted by molar-refractivity contribution is 14.1. The summed E-state index contributed by atoms with van der Waals surface area (Å²) in [6.07, 6.45) is 11.1. The van der Waals surface area contributed by atoms with Crippen molar-refractivity contribution in [1.82, 2.24) is 0 Å². The molecule has 0 unspecified atom stereocenters. The minimum absolute atomic E-state index is 0.0386. The van der Waals surface area contributed by atoms with Crippen molar-refractivity contribution < 1.29 is 14.7 Å². The van der Waals surface area contributed by atoms with E-state index in [9.17, 15) is 14.7 Å². The van der Waals surface area contributed by atoms with Gasteiger partial charge in [-0.3, -0.25) is 9.59 Å². The van der Waals surface area contributed by atoms with Gasteiger partial charge < -0.3 is 5.11 Å². The third-order valence-electron chi connectivity index (χ3n) is 14.3. The number of carboxylic acid groups (broad SMARTS) is 1. The lowest BCUT2D eigenvalue weighted by Crippen LogP contribution is -2.67. The summed E-state index contributed by atoms with van der Waals surface area (Å²) in [6, 6.07) is 8.48. The molecule has 0 radical (unpaired) electrons. The van der Waals surface area contributed by atoms with E-state index in [4.69, 9.17) is 0 Å². The number of allylic oxidation sites excluding steroid dienone is 2. The molecule has 0 bridgehead atoms. The van der Waals surface area contributed by atoms with Crippen LogP contribution in [-0.2, 0) is 9.59 Å². The average Bonchev–Trinajstić information content (AvgIpc) is 3.29. The zero-order valence-corrected chi connectivity index (χ0v) is 28.1. The van der Waals surface area contributed by atoms with Crippen molar-refractivity contribution in [2.24, 2.45) is 56.7 Å². The molecule has 5 saturated carbocycles. The third kappa shape index (κ3) is 3.93. The summed E-state index contributed by atoms with van der Waals surface area (Å²) in [5.74, 6) is 1.58. The standard InChI is InChI=1S/C37H49IO3/c1-22(2)26-13-16-37(32(40)41)18-17-35(6)27(30(26)37)11-12-29-34(5)21-24(19-23-9-8-10-25(38)20-23)31(39)33(3,4)28(34)14-15-36(29,35)7/h8-10,19-20,26-30H,1,11-18,21H2,2-7H3,(H,40,41)/b24-19-/t26-,27+,28+,29+,30-,34-,35+,36+,37-/m0/s1. The Bertz CT molecular complexity index is 1340. The molecule has 9 atom stereocenters. The molecule has 0 spiro atoms. The fourth-order valence-corrected chi connectivity index (χ4v) is 12.9. The Morgan fingerprint density at radius 1 is 0.976 bits per heavy atom. The Morgan fingerprint density at radius 2 is 1.71 bits per heavy atom. The first-order chi connectivity index (χ1) is 19.1. The zero-order valence-electron chi connectivity index (χ0n) is 26.0. The van der Waals surface area contributed by atoms with E-state index in [-0.39, 0.29) is 27.6 Å². The van der Waals surface area contributed by atoms with Gasteiger partial charge >= 0.3 is 5.97 Å². The Labute approximate surface area is 261 Å². The Morgan fingerprint density at radius 3 is 2.37 bits per heavy atom. The largest absolute Gasteiger partial charge is 0.481 e. The predicted octanol–water partition coefficient (Wildman–Crippen LogP) is 9.60. The number of hydrogen-bond acceptors (Lipinski definition) is 2. The summed E-state index contributed by atoms with van der Waals surface area (Å²) in [5, 5.41) is 10.6. The van der Waals surface area contributed by atoms with Crippen molar-refractivity contribution >= 4 is 40.4 Å². The molecule has 1 aromatic carbocycles. The molecule has 3 nitrogen and oxygen atoms in total. The van der Waals surface area contributed by atoms with Crippen LogP contribution in [0.1, 0.15) is 105 Å². The minimum atomic E-state index is -0.583. The van der Waals surface area contributed by atoms with E-state index in [0.717, 1.165) is 68.9 Å². The van der Waals surface area contributed by atoms with Gasteiger partial charge in [0.05, 0.1) is 5.41 Å². The van der Waals surface area contributed by atoms with Crippen LogP contribution in [0.5, 0.6) is 0 Å². The topological polar surface area (TPSA) is 54.4 Å². The molecule has 5 aliphatic carbocycles. The van der Waals surface area contributed by atoms with Crippen molar-refractivity contribution in [1.29, 1.82) is 0 Å². The monoisotopic (exact) mass is 668 g/mol. The molecule has 0 amide bonds. The predicted molar refractivity (Wildman–Crippen MR) is 174 cm³/mol. The van der Waals surface area contributed by atoms with E-state index < -0.39 is 11.4 Å². The van der Waals surface area contributed by atoms with Gasteiger partial charge in [-0.2, -0.15) is 0 Å². The number of fused-ring (bicyclic) bond motifs is 7. The maximum atomic E-state index is 14.1. The Balaban J connectivity index is 1.42. The number of aliphatic carboxylic acids is 1. The number of carboxylic acids is 1. The number of hydrogen-bond donors (Lipinski definition) is 1. The first-order valence-corrected chi connectivity index (χ1v) is 17.1. The number of carbonyl (C=O) groups is 2. The maximum Gasteiger partial charge on any atom is 0.309 e. The minimum Gasteiger partial charge on any atom is -0.481 e. The SMILES string of the molecule is C=C(C)[C@@H]1CC[C@]2(C(=O)O)CC[C@]3(C)[C@H](CC[C@@H]4[C@@]5(C)C/C(=C/c6cccc(I)c6)C(=O)C(C)(C)[C@H]5CC[C@]43C)[C@H]12. The van der Waals surface area contributed by atoms with Crippen LogP contribution >= 0.6 is 22.6 Å². The molecule has 4 heteroatoms. The fourth-order valence-electron chi connectivity index (χ4n) is 12.3. The van der Waals surface area contributed by atoms with Gasteiger partial charge in [0.25, 0.3) is 0 Å². The van der Waals surface area contributed by atoms with Crippen molar-refractivity contribution in [2.45, 2.75) is 99.3 Å². The second kappa shape index (κ2) is 9.53. The fraction of sp³-hybridized carbons (Fsp3) is 0.676. The third-order valence-corrected chi connectivity index (χ3v) is 14.9. The van der Waals surface area contributed by atoms with Crippen LogP contribution in [0.2, 0.25) is 0 Å². The van der Waals surface area contributed by atoms with E-state index in [1.165, 1.54) is 9.14 Å². The van der Waals surface area contributed by atoms with Gasteiger partial charge in [0, 0.05) is 8.99 Å². The molecule has 0 aliphatic heterocycles. The highest BCUT2D eigenvalue weighted by Crippen LogP contribution is 2.77. The van der Waals surface area contributed by atoms with Gasteiger partial charge in [-0.25, -0.2) is 0 Å². The van der Waals surface area contributed by atoms with Crippen LogP contribution in [0.15, 0.2) is 42.0 Å². The summed E-state index contributed by atoms with van der Waals surface area (Å²) in [5.41, 5.74) is 2.59. The number of carbonyl (C=O) groups excluding carboxylic acids is 1. The van der Waals surface area contributed by atoms with Crippen LogP contribution in [0, 0.1) is 60.2 Å². The molecule has 6 rings (SSSR count). The summed E-state index contributed by atoms with van der Waals surface area (Å²) < 4.78 is 1.19. The van der Waals surface area contributed by atoms with E-state index >= 15 is 0 Å². The summed E-state index contributed by atoms with van der Waals surface area (Å²) in [7, 11) is 0. The maximum absolute atomic E-state index is 14.1. The Hall–Kier alpha value is -1.43. The van der Waals surface area contributed by atoms with Gasteiger partial charge in [0.15, 0.2) is 5.78 Å². The van der Waals surface area contributed by atoms with Crippen LogP contribution in [0.3, 0.4) is 0 Å². The van der Waals surface area contributed by atoms with Gasteiger partial charge in [-0.15, -0.1) is 0 Å². The quantitative estimate of drug-likeness (QED) is 0.198. The van der Waals surface area contributed by atoms with Crippen LogP contribution in [-0.4, -0.2) is 16.9 Å². The molecule has 1 aromatic rings. The summed E-state index contributed by atoms with van der Waals surface area (Å²) >= 11 is 2.35. The molecule has 0 aromatic heterocycles. The highest BCUT2D eigenvalue weighted by atomic mass is 127. The molecule has 5 aliphatic rings. The molecule has 5 fully saturated rings. The van der Waals surface area contributed by atoms with E-state index in [1.807, 2.05) is 0 Å². The van der Waals surface area contributed by atoms with Crippen molar-refractivity contribution in [2.75, 3.05) is 0 Å². The van der Waals surface area contributed by atoms with Crippen LogP contribution in [0.25, 0.3) is 6.08 Å². The van der Waals surface area contributed by atoms with E-state index in [2.05, 4.69) is 101 Å². The van der Waals surface area contributed by atoms with Gasteiger partial charge in [0.1, 0.15) is 0 Å². The smallest absolute Gasteiger partial charge is 0.309 e. The lowest BCUT2D eigenvalue weighted by Gasteiger charge is -2.72. The highest BCUT2D eigenvalue weighted by Gasteiger charge is 2.72. The normalized spacial score (nSPS) is 45.8. The molecule has 0 heterocycles. The molecule has 0 saturated heterocycles. The first-order valence-electron chi connectivity index (χ1n) is 16.0. The number of halogens is 1. The van der Waals surface area contributed by atoms with Crippen molar-refractivity contribution in [3.63, 3.8) is 0 Å². The van der Waals surface area contributed by atoms with Crippen molar-refractivity contribution in [3.8, 4) is 0 Å². The molecular weight excluding hydrogens is 619 g/mol. The number of Topliss-reactive ketones (excluding diaryl/α,β-unsaturated/α-hetero) is 1. The molecule has 1 N–H and O–H groups in total. The van der Waals surface area contributed by atoms with Crippen LogP contribution < -0.4 is 0 Å². The van der Waals surface area contributed by atoms with Gasteiger partial charge in [-0.05, 0) is 162 Å². The lowest BCUT2D eigenvalue weighted by molar-refractivity contribution is -0.231. The number of ketones is 1. The second-order valence-corrected chi connectivity index (χ2v) is 17.3. The number of rotatable bonds is 3. The molecule has 222 valence electrons. The summed E-state index contributed by atoms with van der Waals surface area (Å²) in [4.78, 5) is 27.0. The lowest BCUT2D eigenvalue weighted by atomic mass is 9.32. The van der Waals surface area contributed by atoms with E-state index in [0.29, 0.717) is 29.5 Å². The number of benzene rings is 1. The van der Waals surface area contributed by atoms with Crippen LogP contribution in [0.4, 0.5) is 0 Å². The van der Waals surface area contributed by atoms with Crippen molar-refractivity contribution in [3.05, 3.63) is 51.1 Å². The average molecular weight is 669 g/mol.